The first kappa shape index (κ1) is 28.0. The molecule has 1 aliphatic rings. The van der Waals surface area contributed by atoms with E-state index in [1.54, 1.807) is 24.3 Å². The Labute approximate surface area is 231 Å². The molecule has 2 amide bonds. The molecular formula is C27H26Cl2FN3O4S. The van der Waals surface area contributed by atoms with Gasteiger partial charge in [-0.1, -0.05) is 41.4 Å². The minimum Gasteiger partial charge on any atom is -0.355 e. The number of nitrogens with zero attached hydrogens (tertiary/aromatic N) is 1. The summed E-state index contributed by atoms with van der Waals surface area (Å²) in [6.07, 6.45) is 1.87. The van der Waals surface area contributed by atoms with E-state index < -0.39 is 21.9 Å². The van der Waals surface area contributed by atoms with Crippen LogP contribution in [0.1, 0.15) is 40.7 Å². The van der Waals surface area contributed by atoms with Crippen molar-refractivity contribution in [3.63, 3.8) is 0 Å². The molecule has 4 rings (SSSR count). The quantitative estimate of drug-likeness (QED) is 0.397. The van der Waals surface area contributed by atoms with E-state index in [2.05, 4.69) is 10.6 Å². The van der Waals surface area contributed by atoms with Gasteiger partial charge in [0.1, 0.15) is 11.9 Å². The van der Waals surface area contributed by atoms with Gasteiger partial charge in [-0.2, -0.15) is 4.31 Å². The summed E-state index contributed by atoms with van der Waals surface area (Å²) in [6.45, 7) is 0.599. The molecule has 1 heterocycles. The Morgan fingerprint density at radius 3 is 2.37 bits per heavy atom. The van der Waals surface area contributed by atoms with Crippen LogP contribution in [-0.4, -0.2) is 37.1 Å². The third-order valence-electron chi connectivity index (χ3n) is 6.27. The van der Waals surface area contributed by atoms with Crippen LogP contribution in [0.5, 0.6) is 0 Å². The third-order valence-corrected chi connectivity index (χ3v) is 8.68. The Hall–Kier alpha value is -2.98. The van der Waals surface area contributed by atoms with Crippen LogP contribution < -0.4 is 10.6 Å². The molecule has 0 aromatic heterocycles. The van der Waals surface area contributed by atoms with Crippen molar-refractivity contribution in [2.24, 2.45) is 0 Å². The highest BCUT2D eigenvalue weighted by atomic mass is 35.5. The van der Waals surface area contributed by atoms with Crippen molar-refractivity contribution >= 4 is 45.0 Å². The molecule has 2 N–H and O–H groups in total. The molecule has 38 heavy (non-hydrogen) atoms. The molecular weight excluding hydrogens is 552 g/mol. The van der Waals surface area contributed by atoms with Gasteiger partial charge in [0.05, 0.1) is 9.92 Å². The summed E-state index contributed by atoms with van der Waals surface area (Å²) in [6, 6.07) is 15.6. The Balaban J connectivity index is 1.53. The van der Waals surface area contributed by atoms with Gasteiger partial charge < -0.3 is 10.6 Å². The zero-order chi connectivity index (χ0) is 27.3. The molecule has 0 spiro atoms. The fourth-order valence-electron chi connectivity index (χ4n) is 4.18. The average molecular weight is 578 g/mol. The number of sulfonamides is 1. The summed E-state index contributed by atoms with van der Waals surface area (Å²) >= 11 is 11.7. The van der Waals surface area contributed by atoms with E-state index in [1.807, 2.05) is 0 Å². The summed E-state index contributed by atoms with van der Waals surface area (Å²) in [5.74, 6) is -1.23. The molecule has 1 fully saturated rings. The van der Waals surface area contributed by atoms with Crippen LogP contribution in [0.25, 0.3) is 0 Å². The highest BCUT2D eigenvalue weighted by Crippen LogP contribution is 2.26. The molecule has 11 heteroatoms. The molecule has 3 aromatic carbocycles. The normalized spacial score (nSPS) is 16.1. The lowest BCUT2D eigenvalue weighted by molar-refractivity contribution is -0.124. The van der Waals surface area contributed by atoms with Crippen molar-refractivity contribution in [1.29, 1.82) is 0 Å². The summed E-state index contributed by atoms with van der Waals surface area (Å²) < 4.78 is 41.9. The highest BCUT2D eigenvalue weighted by Gasteiger charge is 2.36. The van der Waals surface area contributed by atoms with Gasteiger partial charge in [-0.15, -0.1) is 0 Å². The number of benzene rings is 3. The van der Waals surface area contributed by atoms with Gasteiger partial charge in [0.25, 0.3) is 5.91 Å². The molecule has 0 unspecified atom stereocenters. The molecule has 0 saturated carbocycles. The summed E-state index contributed by atoms with van der Waals surface area (Å²) in [5.41, 5.74) is 1.62. The smallest absolute Gasteiger partial charge is 0.251 e. The first-order chi connectivity index (χ1) is 18.1. The van der Waals surface area contributed by atoms with E-state index in [-0.39, 0.29) is 34.8 Å². The monoisotopic (exact) mass is 577 g/mol. The van der Waals surface area contributed by atoms with E-state index in [0.29, 0.717) is 41.1 Å². The molecule has 0 radical (unpaired) electrons. The van der Waals surface area contributed by atoms with E-state index in [1.165, 1.54) is 46.8 Å². The van der Waals surface area contributed by atoms with Crippen LogP contribution in [0.4, 0.5) is 4.39 Å². The molecule has 0 bridgehead atoms. The van der Waals surface area contributed by atoms with Gasteiger partial charge in [0.15, 0.2) is 0 Å². The van der Waals surface area contributed by atoms with Crippen LogP contribution in [0.3, 0.4) is 0 Å². The number of nitrogens with one attached hydrogen (secondary N) is 2. The van der Waals surface area contributed by atoms with Crippen molar-refractivity contribution in [1.82, 2.24) is 14.9 Å². The van der Waals surface area contributed by atoms with Crippen molar-refractivity contribution in [3.8, 4) is 0 Å². The molecule has 200 valence electrons. The predicted octanol–water partition coefficient (Wildman–Crippen LogP) is 4.92. The van der Waals surface area contributed by atoms with E-state index >= 15 is 0 Å². The van der Waals surface area contributed by atoms with Crippen molar-refractivity contribution < 1.29 is 22.4 Å². The second kappa shape index (κ2) is 12.3. The molecule has 7 nitrogen and oxygen atoms in total. The number of carbonyl (C=O) groups is 2. The maximum atomic E-state index is 13.7. The Kier molecular flexibility index (Phi) is 9.04. The molecule has 3 aromatic rings. The van der Waals surface area contributed by atoms with Crippen molar-refractivity contribution in [2.45, 2.75) is 43.3 Å². The minimum atomic E-state index is -4.04. The van der Waals surface area contributed by atoms with Crippen LogP contribution in [0, 0.1) is 5.82 Å². The zero-order valence-corrected chi connectivity index (χ0v) is 22.6. The first-order valence-corrected chi connectivity index (χ1v) is 14.2. The van der Waals surface area contributed by atoms with E-state index in [4.69, 9.17) is 23.2 Å². The standard InChI is InChI=1S/C27H26Cl2FN3O4S/c28-21-9-11-22(12-10-21)38(36,37)33(25-3-1-2-14-31-27(25)35)17-18-4-7-20(8-5-18)26(34)32-16-19-6-13-24(30)23(29)15-19/h4-13,15,25H,1-3,14,16-17H2,(H,31,35)(H,32,34)/t25-/m1/s1. The van der Waals surface area contributed by atoms with Crippen LogP contribution in [0.15, 0.2) is 71.6 Å². The molecule has 1 aliphatic heterocycles. The highest BCUT2D eigenvalue weighted by molar-refractivity contribution is 7.89. The SMILES string of the molecule is O=C(NCc1ccc(F)c(Cl)c1)c1ccc(CN([C@@H]2CCCCNC2=O)S(=O)(=O)c2ccc(Cl)cc2)cc1. The van der Waals surface area contributed by atoms with Gasteiger partial charge in [0.2, 0.25) is 15.9 Å². The topological polar surface area (TPSA) is 95.6 Å². The fourth-order valence-corrected chi connectivity index (χ4v) is 6.11. The largest absolute Gasteiger partial charge is 0.355 e. The summed E-state index contributed by atoms with van der Waals surface area (Å²) in [7, 11) is -4.04. The lowest BCUT2D eigenvalue weighted by Crippen LogP contribution is -2.48. The number of hydrogen-bond donors (Lipinski definition) is 2. The van der Waals surface area contributed by atoms with E-state index in [0.717, 1.165) is 6.42 Å². The first-order valence-electron chi connectivity index (χ1n) is 12.0. The zero-order valence-electron chi connectivity index (χ0n) is 20.3. The van der Waals surface area contributed by atoms with Crippen LogP contribution in [-0.2, 0) is 27.9 Å². The third kappa shape index (κ3) is 6.71. The molecule has 1 saturated heterocycles. The number of amides is 2. The average Bonchev–Trinajstić information content (AvgIpc) is 3.12. The van der Waals surface area contributed by atoms with Gasteiger partial charge in [-0.05, 0) is 78.9 Å². The summed E-state index contributed by atoms with van der Waals surface area (Å²) in [5, 5.41) is 5.93. The van der Waals surface area contributed by atoms with E-state index in [9.17, 15) is 22.4 Å². The lowest BCUT2D eigenvalue weighted by atomic mass is 10.1. The summed E-state index contributed by atoms with van der Waals surface area (Å²) in [4.78, 5) is 25.5. The van der Waals surface area contributed by atoms with Crippen molar-refractivity contribution in [3.05, 3.63) is 99.3 Å². The molecule has 1 atom stereocenters. The predicted molar refractivity (Wildman–Crippen MR) is 144 cm³/mol. The van der Waals surface area contributed by atoms with Crippen LogP contribution in [0.2, 0.25) is 10.0 Å². The number of rotatable bonds is 8. The number of carbonyl (C=O) groups excluding carboxylic acids is 2. The maximum absolute atomic E-state index is 13.7. The van der Waals surface area contributed by atoms with Gasteiger partial charge >= 0.3 is 0 Å². The number of halogens is 3. The minimum absolute atomic E-state index is 0.0263. The fraction of sp³-hybridized carbons (Fsp3) is 0.259. The van der Waals surface area contributed by atoms with Crippen LogP contribution >= 0.6 is 23.2 Å². The Bertz CT molecular complexity index is 1420. The second-order valence-electron chi connectivity index (χ2n) is 8.93. The van der Waals surface area contributed by atoms with Gasteiger partial charge in [-0.25, -0.2) is 12.8 Å². The van der Waals surface area contributed by atoms with Gasteiger partial charge in [-0.3, -0.25) is 9.59 Å². The van der Waals surface area contributed by atoms with Gasteiger partial charge in [0, 0.05) is 30.2 Å². The Morgan fingerprint density at radius 1 is 1.00 bits per heavy atom. The number of hydrogen-bond acceptors (Lipinski definition) is 4. The Morgan fingerprint density at radius 2 is 1.68 bits per heavy atom. The molecule has 0 aliphatic carbocycles. The van der Waals surface area contributed by atoms with Crippen molar-refractivity contribution in [2.75, 3.05) is 6.54 Å². The second-order valence-corrected chi connectivity index (χ2v) is 11.7. The lowest BCUT2D eigenvalue weighted by Gasteiger charge is -2.29. The maximum Gasteiger partial charge on any atom is 0.251 e.